The van der Waals surface area contributed by atoms with Gasteiger partial charge in [-0.2, -0.15) is 0 Å². The van der Waals surface area contributed by atoms with Gasteiger partial charge < -0.3 is 24.5 Å². The molecule has 6 heteroatoms. The maximum atomic E-state index is 12.3. The summed E-state index contributed by atoms with van der Waals surface area (Å²) in [6.45, 7) is 23.4. The number of Topliss-reactive ketones (excluding diaryl/α,β-unsaturated/α-hetero) is 1. The van der Waals surface area contributed by atoms with E-state index >= 15 is 0 Å². The van der Waals surface area contributed by atoms with Gasteiger partial charge in [0.15, 0.2) is 0 Å². The molecule has 0 radical (unpaired) electrons. The zero-order valence-corrected chi connectivity index (χ0v) is 30.3. The minimum absolute atomic E-state index is 0.128. The molecule has 4 aliphatic carbocycles. The first-order valence-corrected chi connectivity index (χ1v) is 18.1. The van der Waals surface area contributed by atoms with Gasteiger partial charge in [-0.3, -0.25) is 4.79 Å². The number of rotatable bonds is 4. The van der Waals surface area contributed by atoms with Crippen molar-refractivity contribution in [3.8, 4) is 5.75 Å². The number of aromatic nitrogens is 1. The van der Waals surface area contributed by atoms with Crippen molar-refractivity contribution in [2.24, 2.45) is 28.6 Å². The van der Waals surface area contributed by atoms with Gasteiger partial charge in [-0.1, -0.05) is 39.5 Å². The number of aromatic hydroxyl groups is 1. The van der Waals surface area contributed by atoms with Crippen molar-refractivity contribution in [3.63, 3.8) is 0 Å². The molecule has 2 aromatic heterocycles. The van der Waals surface area contributed by atoms with Crippen LogP contribution in [0.1, 0.15) is 129 Å². The van der Waals surface area contributed by atoms with Gasteiger partial charge in [0, 0.05) is 45.2 Å². The van der Waals surface area contributed by atoms with E-state index in [2.05, 4.69) is 77.7 Å². The van der Waals surface area contributed by atoms with Crippen molar-refractivity contribution in [2.45, 2.75) is 130 Å². The van der Waals surface area contributed by atoms with E-state index in [1.807, 2.05) is 13.0 Å². The van der Waals surface area contributed by atoms with E-state index in [9.17, 15) is 20.1 Å². The molecule has 3 N–H and O–H groups in total. The molecule has 48 heavy (non-hydrogen) atoms. The van der Waals surface area contributed by atoms with Crippen LogP contribution in [0.25, 0.3) is 27.4 Å². The fourth-order valence-corrected chi connectivity index (χ4v) is 12.4. The van der Waals surface area contributed by atoms with Crippen molar-refractivity contribution in [1.29, 1.82) is 0 Å². The second-order valence-electron chi connectivity index (χ2n) is 18.0. The lowest BCUT2D eigenvalue weighted by molar-refractivity contribution is -0.144. The Labute approximate surface area is 284 Å². The normalized spacial score (nSPS) is 37.7. The predicted octanol–water partition coefficient (Wildman–Crippen LogP) is 8.45. The minimum atomic E-state index is -0.816. The quantitative estimate of drug-likeness (QED) is 0.246. The van der Waals surface area contributed by atoms with Gasteiger partial charge in [0.25, 0.3) is 0 Å². The highest BCUT2D eigenvalue weighted by Gasteiger charge is 2.67. The Bertz CT molecular complexity index is 1990. The molecule has 256 valence electrons. The summed E-state index contributed by atoms with van der Waals surface area (Å²) in [7, 11) is 0. The largest absolute Gasteiger partial charge is 0.505 e. The molecule has 0 saturated heterocycles. The molecule has 0 amide bonds. The summed E-state index contributed by atoms with van der Waals surface area (Å²) in [6.07, 6.45) is 10.1. The fraction of sp³-hybridized carbons (Fsp3) is 0.595. The number of nitrogens with zero attached hydrogens (tertiary/aromatic N) is 1. The van der Waals surface area contributed by atoms with Crippen LogP contribution in [0, 0.1) is 28.6 Å². The van der Waals surface area contributed by atoms with E-state index in [0.717, 1.165) is 64.6 Å². The van der Waals surface area contributed by atoms with E-state index < -0.39 is 28.8 Å². The highest BCUT2D eigenvalue weighted by Crippen LogP contribution is 2.71. The number of carbonyl (C=O) groups excluding carboxylic acids is 1. The number of aliphatic hydroxyl groups excluding tert-OH is 2. The average Bonchev–Trinajstić information content (AvgIpc) is 3.63. The summed E-state index contributed by atoms with van der Waals surface area (Å²) < 4.78 is 8.87. The van der Waals surface area contributed by atoms with Gasteiger partial charge in [-0.25, -0.2) is 0 Å². The standard InChI is InChI=1S/C42H53NO5/c1-21(2)33-36(47)31-30-24(27-20-38(4,5)48-39(6,7)32(27)35(30)46)19-25-26-18-23-13-14-28-40(8,16-11-12-22(3)44)29(45)15-17-41(28,9)42(23,10)37(26)43(33)34(25)31/h11,16,19-20,23,28-29,32,35,45-47H,1,12-15,17-18H2,2-10H3/t23?,28-,29-,32?,35+,40-,41-,42+/m0/s1. The molecule has 1 aromatic carbocycles. The molecule has 2 unspecified atom stereocenters. The number of carbonyl (C=O) groups is 1. The van der Waals surface area contributed by atoms with Crippen molar-refractivity contribution in [1.82, 2.24) is 4.40 Å². The summed E-state index contributed by atoms with van der Waals surface area (Å²) >= 11 is 0. The van der Waals surface area contributed by atoms with E-state index in [1.54, 1.807) is 6.92 Å². The first-order chi connectivity index (χ1) is 22.3. The Balaban J connectivity index is 1.41. The summed E-state index contributed by atoms with van der Waals surface area (Å²) in [5.41, 5.74) is 6.18. The minimum Gasteiger partial charge on any atom is -0.505 e. The first-order valence-electron chi connectivity index (χ1n) is 18.1. The molecule has 8 rings (SSSR count). The van der Waals surface area contributed by atoms with Crippen LogP contribution < -0.4 is 0 Å². The Hall–Kier alpha value is -2.93. The third kappa shape index (κ3) is 3.72. The van der Waals surface area contributed by atoms with Crippen molar-refractivity contribution in [3.05, 3.63) is 59.0 Å². The Morgan fingerprint density at radius 3 is 2.46 bits per heavy atom. The van der Waals surface area contributed by atoms with Crippen molar-refractivity contribution >= 4 is 33.2 Å². The second-order valence-corrected chi connectivity index (χ2v) is 18.0. The van der Waals surface area contributed by atoms with Gasteiger partial charge >= 0.3 is 0 Å². The predicted molar refractivity (Wildman–Crippen MR) is 191 cm³/mol. The summed E-state index contributed by atoms with van der Waals surface area (Å²) in [5.74, 6) is 0.726. The number of benzene rings is 1. The van der Waals surface area contributed by atoms with Crippen LogP contribution in [0.3, 0.4) is 0 Å². The van der Waals surface area contributed by atoms with E-state index in [4.69, 9.17) is 4.74 Å². The Morgan fingerprint density at radius 1 is 1.08 bits per heavy atom. The molecule has 1 aliphatic heterocycles. The third-order valence-electron chi connectivity index (χ3n) is 14.3. The maximum absolute atomic E-state index is 12.3. The van der Waals surface area contributed by atoms with Crippen LogP contribution in [-0.4, -0.2) is 42.8 Å². The van der Waals surface area contributed by atoms with E-state index in [1.165, 1.54) is 16.6 Å². The third-order valence-corrected chi connectivity index (χ3v) is 14.3. The van der Waals surface area contributed by atoms with Gasteiger partial charge in [-0.15, -0.1) is 0 Å². The van der Waals surface area contributed by atoms with Crippen LogP contribution in [0.15, 0.2) is 30.9 Å². The molecule has 6 nitrogen and oxygen atoms in total. The van der Waals surface area contributed by atoms with Crippen LogP contribution in [-0.2, 0) is 21.4 Å². The summed E-state index contributed by atoms with van der Waals surface area (Å²) in [5, 5.41) is 37.9. The highest BCUT2D eigenvalue weighted by atomic mass is 16.5. The molecule has 0 spiro atoms. The number of hydrogen-bond donors (Lipinski definition) is 3. The molecule has 0 bridgehead atoms. The zero-order chi connectivity index (χ0) is 34.7. The molecule has 5 aliphatic rings. The lowest BCUT2D eigenvalue weighted by atomic mass is 9.40. The van der Waals surface area contributed by atoms with Crippen LogP contribution >= 0.6 is 0 Å². The topological polar surface area (TPSA) is 91.4 Å². The average molecular weight is 652 g/mol. The Kier molecular flexibility index (Phi) is 6.49. The zero-order valence-electron chi connectivity index (χ0n) is 30.3. The summed E-state index contributed by atoms with van der Waals surface area (Å²) in [6, 6.07) is 2.32. The molecular weight excluding hydrogens is 598 g/mol. The lowest BCUT2D eigenvalue weighted by Crippen LogP contribution is -2.62. The number of ether oxygens (including phenoxy) is 1. The van der Waals surface area contributed by atoms with Crippen molar-refractivity contribution < 1.29 is 24.9 Å². The molecule has 2 fully saturated rings. The first kappa shape index (κ1) is 32.3. The molecular formula is C42H53NO5. The van der Waals surface area contributed by atoms with Gasteiger partial charge in [0.05, 0.1) is 34.6 Å². The second kappa shape index (κ2) is 9.64. The summed E-state index contributed by atoms with van der Waals surface area (Å²) in [4.78, 5) is 11.9. The van der Waals surface area contributed by atoms with E-state index in [0.29, 0.717) is 18.8 Å². The number of fused-ring (bicyclic) bond motifs is 11. The molecule has 3 heterocycles. The SMILES string of the molecule is C=C(C)c1c(O)c2c3c(cc4c5c(n1c42)[C@@]1(C)C(CC[C@H]2[C@](C)(C=CCC(C)=O)[C@@H](O)CC[C@@]21C)C5)C1=CC(C)(C)OC(C)(C)C1[C@@H]3O. The highest BCUT2D eigenvalue weighted by molar-refractivity contribution is 6.11. The fourth-order valence-electron chi connectivity index (χ4n) is 12.4. The molecule has 8 atom stereocenters. The van der Waals surface area contributed by atoms with Crippen LogP contribution in [0.4, 0.5) is 0 Å². The monoisotopic (exact) mass is 651 g/mol. The maximum Gasteiger partial charge on any atom is 0.149 e. The van der Waals surface area contributed by atoms with Gasteiger partial charge in [0.1, 0.15) is 11.5 Å². The van der Waals surface area contributed by atoms with Crippen LogP contribution in [0.2, 0.25) is 0 Å². The lowest BCUT2D eigenvalue weighted by Gasteiger charge is -2.64. The van der Waals surface area contributed by atoms with E-state index in [-0.39, 0.29) is 34.2 Å². The van der Waals surface area contributed by atoms with Crippen LogP contribution in [0.5, 0.6) is 5.75 Å². The molecule has 3 aromatic rings. The van der Waals surface area contributed by atoms with Gasteiger partial charge in [-0.05, 0) is 125 Å². The number of hydrogen-bond acceptors (Lipinski definition) is 5. The smallest absolute Gasteiger partial charge is 0.149 e. The number of allylic oxidation sites excluding steroid dienone is 2. The number of aliphatic hydroxyl groups is 2. The van der Waals surface area contributed by atoms with Gasteiger partial charge in [0.2, 0.25) is 0 Å². The van der Waals surface area contributed by atoms with Crippen molar-refractivity contribution in [2.75, 3.05) is 0 Å². The Morgan fingerprint density at radius 2 is 1.79 bits per heavy atom. The molecule has 2 saturated carbocycles. The number of ketones is 1.